The maximum Gasteiger partial charge on any atom is 0.339 e. The highest BCUT2D eigenvalue weighted by Crippen LogP contribution is 2.53. The first-order chi connectivity index (χ1) is 15.4. The maximum absolute atomic E-state index is 12.8. The Labute approximate surface area is 195 Å². The zero-order chi connectivity index (χ0) is 22.0. The van der Waals surface area contributed by atoms with Gasteiger partial charge in [-0.15, -0.1) is 0 Å². The van der Waals surface area contributed by atoms with Crippen molar-refractivity contribution in [1.29, 1.82) is 0 Å². The van der Waals surface area contributed by atoms with Crippen LogP contribution in [0.5, 0.6) is 0 Å². The van der Waals surface area contributed by atoms with Gasteiger partial charge in [-0.2, -0.15) is 4.99 Å². The summed E-state index contributed by atoms with van der Waals surface area (Å²) in [6, 6.07) is 15.6. The zero-order valence-electron chi connectivity index (χ0n) is 17.5. The number of nitrogens with zero attached hydrogens (tertiary/aromatic N) is 2. The number of esters is 1. The standard InChI is InChI=1S/C25H21ClN2O3S/c1-14(15-6-8-16(26)9-7-15)21-22(29)27-24(32-21)28-17-10-11-18(28)13-25(12-17)20-5-3-2-4-19(20)23(30)31-25/h2-9,17-18H,10-13H2,1H3/b21-14-/t17-,18+,25-. The predicted molar refractivity (Wildman–Crippen MR) is 125 cm³/mol. The number of thioether (sulfide) groups is 1. The molecule has 4 heterocycles. The summed E-state index contributed by atoms with van der Waals surface area (Å²) < 4.78 is 6.00. The molecular weight excluding hydrogens is 444 g/mol. The van der Waals surface area contributed by atoms with E-state index in [0.717, 1.165) is 47.6 Å². The number of rotatable bonds is 1. The van der Waals surface area contributed by atoms with E-state index in [9.17, 15) is 9.59 Å². The molecule has 7 heteroatoms. The first-order valence-electron chi connectivity index (χ1n) is 10.8. The number of hydrogen-bond donors (Lipinski definition) is 0. The van der Waals surface area contributed by atoms with E-state index in [4.69, 9.17) is 16.3 Å². The Balaban J connectivity index is 1.28. The summed E-state index contributed by atoms with van der Waals surface area (Å²) in [4.78, 5) is 32.7. The fraction of sp³-hybridized carbons (Fsp3) is 0.320. The van der Waals surface area contributed by atoms with Gasteiger partial charge in [0.05, 0.1) is 10.5 Å². The number of amidine groups is 1. The van der Waals surface area contributed by atoms with E-state index in [1.165, 1.54) is 11.8 Å². The summed E-state index contributed by atoms with van der Waals surface area (Å²) in [5.74, 6) is -0.408. The average Bonchev–Trinajstić information content (AvgIpc) is 3.39. The monoisotopic (exact) mass is 464 g/mol. The van der Waals surface area contributed by atoms with Crippen molar-refractivity contribution in [3.05, 3.63) is 75.1 Å². The van der Waals surface area contributed by atoms with Crippen molar-refractivity contribution in [2.45, 2.75) is 50.3 Å². The van der Waals surface area contributed by atoms with Gasteiger partial charge in [-0.05, 0) is 60.9 Å². The van der Waals surface area contributed by atoms with Crippen molar-refractivity contribution >= 4 is 46.0 Å². The highest BCUT2D eigenvalue weighted by molar-refractivity contribution is 8.18. The molecule has 2 aromatic rings. The van der Waals surface area contributed by atoms with Gasteiger partial charge >= 0.3 is 5.97 Å². The average molecular weight is 465 g/mol. The number of piperidine rings is 1. The summed E-state index contributed by atoms with van der Waals surface area (Å²) in [5, 5.41) is 1.44. The molecule has 2 saturated heterocycles. The smallest absolute Gasteiger partial charge is 0.339 e. The summed E-state index contributed by atoms with van der Waals surface area (Å²) in [6.45, 7) is 1.96. The Bertz CT molecular complexity index is 1210. The lowest BCUT2D eigenvalue weighted by molar-refractivity contribution is -0.113. The lowest BCUT2D eigenvalue weighted by Gasteiger charge is -2.44. The number of carbonyl (C=O) groups excluding carboxylic acids is 2. The Morgan fingerprint density at radius 3 is 2.50 bits per heavy atom. The molecule has 162 valence electrons. The van der Waals surface area contributed by atoms with Crippen molar-refractivity contribution in [2.24, 2.45) is 4.99 Å². The minimum atomic E-state index is -0.554. The van der Waals surface area contributed by atoms with Crippen LogP contribution in [0.3, 0.4) is 0 Å². The lowest BCUT2D eigenvalue weighted by atomic mass is 9.80. The van der Waals surface area contributed by atoms with Crippen LogP contribution in [0.25, 0.3) is 5.57 Å². The Morgan fingerprint density at radius 1 is 1.09 bits per heavy atom. The van der Waals surface area contributed by atoms with Crippen LogP contribution in [0, 0.1) is 0 Å². The number of fused-ring (bicyclic) bond motifs is 4. The van der Waals surface area contributed by atoms with Crippen LogP contribution >= 0.6 is 23.4 Å². The van der Waals surface area contributed by atoms with Gasteiger partial charge < -0.3 is 9.64 Å². The first-order valence-corrected chi connectivity index (χ1v) is 12.0. The number of ether oxygens (including phenoxy) is 1. The van der Waals surface area contributed by atoms with E-state index >= 15 is 0 Å². The van der Waals surface area contributed by atoms with E-state index < -0.39 is 5.60 Å². The maximum atomic E-state index is 12.8. The first kappa shape index (κ1) is 20.1. The molecule has 2 bridgehead atoms. The molecule has 2 fully saturated rings. The van der Waals surface area contributed by atoms with E-state index in [0.29, 0.717) is 15.5 Å². The minimum Gasteiger partial charge on any atom is -0.450 e. The second-order valence-corrected chi connectivity index (χ2v) is 10.3. The second kappa shape index (κ2) is 7.22. The largest absolute Gasteiger partial charge is 0.450 e. The van der Waals surface area contributed by atoms with Crippen LogP contribution < -0.4 is 0 Å². The number of carbonyl (C=O) groups is 2. The van der Waals surface area contributed by atoms with E-state index in [1.54, 1.807) is 0 Å². The summed E-state index contributed by atoms with van der Waals surface area (Å²) in [5.41, 5.74) is 3.03. The fourth-order valence-electron chi connectivity index (χ4n) is 5.64. The lowest BCUT2D eigenvalue weighted by Crippen LogP contribution is -2.51. The molecule has 0 aliphatic carbocycles. The number of benzene rings is 2. The molecular formula is C25H21ClN2O3S. The molecule has 3 atom stereocenters. The van der Waals surface area contributed by atoms with Crippen LogP contribution in [0.15, 0.2) is 58.4 Å². The highest BCUT2D eigenvalue weighted by Gasteiger charge is 2.56. The van der Waals surface area contributed by atoms with Gasteiger partial charge in [-0.3, -0.25) is 4.79 Å². The minimum absolute atomic E-state index is 0.185. The van der Waals surface area contributed by atoms with Gasteiger partial charge in [0.25, 0.3) is 5.91 Å². The summed E-state index contributed by atoms with van der Waals surface area (Å²) in [6.07, 6.45) is 3.48. The summed E-state index contributed by atoms with van der Waals surface area (Å²) >= 11 is 7.47. The zero-order valence-corrected chi connectivity index (χ0v) is 19.1. The highest BCUT2D eigenvalue weighted by atomic mass is 35.5. The Kier molecular flexibility index (Phi) is 4.53. The third kappa shape index (κ3) is 2.96. The van der Waals surface area contributed by atoms with E-state index in [2.05, 4.69) is 9.89 Å². The number of amides is 1. The number of hydrogen-bond acceptors (Lipinski definition) is 5. The van der Waals surface area contributed by atoms with Crippen molar-refractivity contribution in [3.63, 3.8) is 0 Å². The fourth-order valence-corrected chi connectivity index (χ4v) is 6.89. The van der Waals surface area contributed by atoms with Gasteiger partial charge in [0.1, 0.15) is 5.60 Å². The molecule has 1 amide bonds. The molecule has 0 radical (unpaired) electrons. The topological polar surface area (TPSA) is 59.0 Å². The van der Waals surface area contributed by atoms with Crippen LogP contribution in [0.2, 0.25) is 5.02 Å². The van der Waals surface area contributed by atoms with E-state index in [-0.39, 0.29) is 24.0 Å². The van der Waals surface area contributed by atoms with E-state index in [1.807, 2.05) is 55.5 Å². The predicted octanol–water partition coefficient (Wildman–Crippen LogP) is 5.39. The van der Waals surface area contributed by atoms with Gasteiger partial charge in [0.15, 0.2) is 5.17 Å². The van der Waals surface area contributed by atoms with Crippen LogP contribution in [-0.2, 0) is 15.1 Å². The van der Waals surface area contributed by atoms with Crippen molar-refractivity contribution < 1.29 is 14.3 Å². The van der Waals surface area contributed by atoms with Crippen molar-refractivity contribution in [2.75, 3.05) is 0 Å². The van der Waals surface area contributed by atoms with Gasteiger partial charge in [0.2, 0.25) is 0 Å². The van der Waals surface area contributed by atoms with Crippen LogP contribution in [0.4, 0.5) is 0 Å². The Hall–Kier alpha value is -2.57. The Morgan fingerprint density at radius 2 is 1.78 bits per heavy atom. The molecule has 4 aliphatic heterocycles. The molecule has 5 nitrogen and oxygen atoms in total. The number of allylic oxidation sites excluding steroid dienone is 1. The molecule has 1 spiro atoms. The molecule has 0 unspecified atom stereocenters. The molecule has 0 aromatic heterocycles. The van der Waals surface area contributed by atoms with Crippen molar-refractivity contribution in [1.82, 2.24) is 4.90 Å². The van der Waals surface area contributed by atoms with Gasteiger partial charge in [-0.1, -0.05) is 41.9 Å². The summed E-state index contributed by atoms with van der Waals surface area (Å²) in [7, 11) is 0. The normalized spacial score (nSPS) is 29.9. The van der Waals surface area contributed by atoms with Crippen LogP contribution in [0.1, 0.15) is 54.1 Å². The number of aliphatic imine (C=N–C) groups is 1. The quantitative estimate of drug-likeness (QED) is 0.418. The van der Waals surface area contributed by atoms with Gasteiger partial charge in [-0.25, -0.2) is 4.79 Å². The third-order valence-electron chi connectivity index (χ3n) is 7.10. The SMILES string of the molecule is C/C(=C1/SC(N2[C@@H]3CC[C@H]2C[C@@]2(C3)OC(=O)c3ccccc32)=NC1=O)c1ccc(Cl)cc1. The second-order valence-electron chi connectivity index (χ2n) is 8.89. The molecule has 4 aliphatic rings. The van der Waals surface area contributed by atoms with Gasteiger partial charge in [0, 0.05) is 35.5 Å². The van der Waals surface area contributed by atoms with Crippen molar-refractivity contribution in [3.8, 4) is 0 Å². The molecule has 0 N–H and O–H groups in total. The van der Waals surface area contributed by atoms with Crippen LogP contribution in [-0.4, -0.2) is 34.0 Å². The molecule has 6 rings (SSSR count). The number of halogens is 1. The molecule has 0 saturated carbocycles. The molecule has 32 heavy (non-hydrogen) atoms. The third-order valence-corrected chi connectivity index (χ3v) is 8.52. The molecule has 2 aromatic carbocycles.